The minimum Gasteiger partial charge on any atom is -0.314 e. The summed E-state index contributed by atoms with van der Waals surface area (Å²) in [6, 6.07) is 2.47. The third-order valence-electron chi connectivity index (χ3n) is 3.25. The molecular weight excluding hydrogens is 200 g/mol. The van der Waals surface area contributed by atoms with Crippen molar-refractivity contribution in [1.82, 2.24) is 10.0 Å². The molecule has 0 radical (unpaired) electrons. The first-order valence-corrected chi connectivity index (χ1v) is 6.10. The monoisotopic (exact) mass is 220 g/mol. The van der Waals surface area contributed by atoms with Crippen molar-refractivity contribution in [2.45, 2.75) is 45.6 Å². The first kappa shape index (κ1) is 11.6. The number of aryl methyl sites for hydroxylation is 2. The Hall–Kier alpha value is -0.930. The highest BCUT2D eigenvalue weighted by molar-refractivity contribution is 5.27. The molecule has 1 N–H and O–H groups in total. The van der Waals surface area contributed by atoms with E-state index in [2.05, 4.69) is 24.9 Å². The zero-order valence-corrected chi connectivity index (χ0v) is 10.1. The third kappa shape index (κ3) is 2.42. The highest BCUT2D eigenvalue weighted by atomic mass is 16.5. The number of hydroxylamine groups is 2. The van der Waals surface area contributed by atoms with Gasteiger partial charge >= 0.3 is 0 Å². The largest absolute Gasteiger partial charge is 0.314 e. The highest BCUT2D eigenvalue weighted by Crippen LogP contribution is 2.23. The van der Waals surface area contributed by atoms with Crippen LogP contribution in [0.4, 0.5) is 0 Å². The van der Waals surface area contributed by atoms with Gasteiger partial charge in [-0.05, 0) is 37.3 Å². The summed E-state index contributed by atoms with van der Waals surface area (Å²) < 4.78 is 0. The van der Waals surface area contributed by atoms with E-state index in [-0.39, 0.29) is 6.04 Å². The second-order valence-electron chi connectivity index (χ2n) is 4.68. The lowest BCUT2D eigenvalue weighted by Crippen LogP contribution is -2.37. The normalized spacial score (nSPS) is 19.9. The fraction of sp³-hybridized carbons (Fsp3) is 0.615. The van der Waals surface area contributed by atoms with Gasteiger partial charge in [0.2, 0.25) is 0 Å². The molecule has 16 heavy (non-hydrogen) atoms. The molecule has 0 aromatic carbocycles. The lowest BCUT2D eigenvalue weighted by atomic mass is 9.91. The predicted octanol–water partition coefficient (Wildman–Crippen LogP) is 2.35. The van der Waals surface area contributed by atoms with Crippen molar-refractivity contribution in [2.24, 2.45) is 0 Å². The smallest absolute Gasteiger partial charge is 0.0452 e. The van der Waals surface area contributed by atoms with Crippen molar-refractivity contribution in [1.29, 1.82) is 0 Å². The van der Waals surface area contributed by atoms with Crippen molar-refractivity contribution in [2.75, 3.05) is 6.54 Å². The molecule has 3 nitrogen and oxygen atoms in total. The number of hydrogen-bond donors (Lipinski definition) is 1. The van der Waals surface area contributed by atoms with Gasteiger partial charge in [-0.15, -0.1) is 0 Å². The van der Waals surface area contributed by atoms with Crippen LogP contribution >= 0.6 is 0 Å². The van der Waals surface area contributed by atoms with Crippen LogP contribution in [-0.4, -0.2) is 27.8 Å². The van der Waals surface area contributed by atoms with Crippen molar-refractivity contribution in [3.63, 3.8) is 0 Å². The van der Waals surface area contributed by atoms with Gasteiger partial charge < -0.3 is 5.21 Å². The topological polar surface area (TPSA) is 36.4 Å². The molecule has 1 atom stereocenters. The molecule has 1 unspecified atom stereocenters. The molecule has 0 saturated carbocycles. The lowest BCUT2D eigenvalue weighted by Gasteiger charge is -2.30. The number of aromatic nitrogens is 1. The van der Waals surface area contributed by atoms with Crippen molar-refractivity contribution < 1.29 is 5.21 Å². The molecule has 0 amide bonds. The van der Waals surface area contributed by atoms with E-state index in [1.54, 1.807) is 0 Å². The van der Waals surface area contributed by atoms with Crippen molar-refractivity contribution >= 4 is 0 Å². The molecule has 1 aliphatic carbocycles. The Morgan fingerprint density at radius 2 is 2.38 bits per heavy atom. The molecule has 1 aromatic heterocycles. The molecule has 88 valence electrons. The zero-order chi connectivity index (χ0) is 11.5. The first-order valence-electron chi connectivity index (χ1n) is 6.10. The van der Waals surface area contributed by atoms with Crippen LogP contribution in [-0.2, 0) is 12.8 Å². The van der Waals surface area contributed by atoms with E-state index < -0.39 is 0 Å². The van der Waals surface area contributed by atoms with Crippen molar-refractivity contribution in [3.8, 4) is 0 Å². The SMILES string of the molecule is CCCN(O)C1CCc2cc(C)cnc2C1. The summed E-state index contributed by atoms with van der Waals surface area (Å²) in [7, 11) is 0. The molecule has 0 aliphatic heterocycles. The van der Waals surface area contributed by atoms with Crippen LogP contribution in [0.2, 0.25) is 0 Å². The van der Waals surface area contributed by atoms with Gasteiger partial charge in [0.05, 0.1) is 0 Å². The Kier molecular flexibility index (Phi) is 3.56. The summed E-state index contributed by atoms with van der Waals surface area (Å²) in [5.74, 6) is 0. The maximum atomic E-state index is 9.86. The summed E-state index contributed by atoms with van der Waals surface area (Å²) in [4.78, 5) is 4.47. The molecular formula is C13H20N2O. The van der Waals surface area contributed by atoms with Gasteiger partial charge in [0, 0.05) is 30.9 Å². The van der Waals surface area contributed by atoms with Crippen LogP contribution < -0.4 is 0 Å². The Morgan fingerprint density at radius 1 is 1.56 bits per heavy atom. The van der Waals surface area contributed by atoms with E-state index in [4.69, 9.17) is 0 Å². The number of pyridine rings is 1. The Balaban J connectivity index is 2.09. The molecule has 0 saturated heterocycles. The van der Waals surface area contributed by atoms with Crippen LogP contribution in [0.5, 0.6) is 0 Å². The van der Waals surface area contributed by atoms with Crippen LogP contribution in [0, 0.1) is 6.92 Å². The number of nitrogens with zero attached hydrogens (tertiary/aromatic N) is 2. The molecule has 1 aromatic rings. The summed E-state index contributed by atoms with van der Waals surface area (Å²) >= 11 is 0. The minimum absolute atomic E-state index is 0.252. The average molecular weight is 220 g/mol. The van der Waals surface area contributed by atoms with E-state index in [0.29, 0.717) is 0 Å². The highest BCUT2D eigenvalue weighted by Gasteiger charge is 2.23. The Labute approximate surface area is 97.1 Å². The standard InChI is InChI=1S/C13H20N2O/c1-3-6-15(16)12-5-4-11-7-10(2)9-14-13(11)8-12/h7,9,12,16H,3-6,8H2,1-2H3. The number of rotatable bonds is 3. The van der Waals surface area contributed by atoms with Crippen molar-refractivity contribution in [3.05, 3.63) is 29.1 Å². The van der Waals surface area contributed by atoms with E-state index in [9.17, 15) is 5.21 Å². The van der Waals surface area contributed by atoms with Gasteiger partial charge in [-0.25, -0.2) is 0 Å². The summed E-state index contributed by atoms with van der Waals surface area (Å²) in [5.41, 5.74) is 3.75. The van der Waals surface area contributed by atoms with Gasteiger partial charge in [0.25, 0.3) is 0 Å². The van der Waals surface area contributed by atoms with Crippen LogP contribution in [0.3, 0.4) is 0 Å². The summed E-state index contributed by atoms with van der Waals surface area (Å²) in [6.45, 7) is 4.92. The van der Waals surface area contributed by atoms with E-state index in [1.165, 1.54) is 16.2 Å². The molecule has 2 rings (SSSR count). The predicted molar refractivity (Wildman–Crippen MR) is 63.6 cm³/mol. The fourth-order valence-electron chi connectivity index (χ4n) is 2.37. The second-order valence-corrected chi connectivity index (χ2v) is 4.68. The fourth-order valence-corrected chi connectivity index (χ4v) is 2.37. The van der Waals surface area contributed by atoms with Gasteiger partial charge in [-0.3, -0.25) is 4.98 Å². The van der Waals surface area contributed by atoms with E-state index >= 15 is 0 Å². The molecule has 3 heteroatoms. The quantitative estimate of drug-likeness (QED) is 0.794. The van der Waals surface area contributed by atoms with Gasteiger partial charge in [0.15, 0.2) is 0 Å². The third-order valence-corrected chi connectivity index (χ3v) is 3.25. The maximum Gasteiger partial charge on any atom is 0.0452 e. The van der Waals surface area contributed by atoms with Crippen LogP contribution in [0.25, 0.3) is 0 Å². The Bertz CT molecular complexity index is 365. The average Bonchev–Trinajstić information content (AvgIpc) is 2.28. The van der Waals surface area contributed by atoms with E-state index in [0.717, 1.165) is 37.9 Å². The van der Waals surface area contributed by atoms with Crippen LogP contribution in [0.15, 0.2) is 12.3 Å². The molecule has 1 aliphatic rings. The second kappa shape index (κ2) is 4.93. The zero-order valence-electron chi connectivity index (χ0n) is 10.1. The maximum absolute atomic E-state index is 9.86. The van der Waals surface area contributed by atoms with Crippen LogP contribution in [0.1, 0.15) is 36.6 Å². The molecule has 0 bridgehead atoms. The Morgan fingerprint density at radius 3 is 3.12 bits per heavy atom. The van der Waals surface area contributed by atoms with E-state index in [1.807, 2.05) is 6.20 Å². The number of hydrogen-bond acceptors (Lipinski definition) is 3. The van der Waals surface area contributed by atoms with Gasteiger partial charge in [-0.2, -0.15) is 5.06 Å². The summed E-state index contributed by atoms with van der Waals surface area (Å²) in [5, 5.41) is 11.4. The molecule has 0 spiro atoms. The van der Waals surface area contributed by atoms with Gasteiger partial charge in [0.1, 0.15) is 0 Å². The first-order chi connectivity index (χ1) is 7.70. The molecule has 0 fully saturated rings. The summed E-state index contributed by atoms with van der Waals surface area (Å²) in [6.07, 6.45) is 5.86. The molecule has 1 heterocycles. The lowest BCUT2D eigenvalue weighted by molar-refractivity contribution is -0.129. The van der Waals surface area contributed by atoms with Gasteiger partial charge in [-0.1, -0.05) is 13.0 Å². The minimum atomic E-state index is 0.252. The number of fused-ring (bicyclic) bond motifs is 1.